The lowest BCUT2D eigenvalue weighted by molar-refractivity contribution is -0.146. The van der Waals surface area contributed by atoms with Crippen molar-refractivity contribution >= 4 is 11.9 Å². The monoisotopic (exact) mass is 293 g/mol. The zero-order valence-corrected chi connectivity index (χ0v) is 13.0. The van der Waals surface area contributed by atoms with E-state index in [0.717, 1.165) is 16.9 Å². The van der Waals surface area contributed by atoms with Crippen molar-refractivity contribution in [1.29, 1.82) is 0 Å². The van der Waals surface area contributed by atoms with Crippen LogP contribution in [-0.2, 0) is 9.59 Å². The van der Waals surface area contributed by atoms with E-state index in [1.165, 1.54) is 0 Å². The number of carboxylic acids is 1. The van der Waals surface area contributed by atoms with Gasteiger partial charge in [0.15, 0.2) is 0 Å². The van der Waals surface area contributed by atoms with Gasteiger partial charge >= 0.3 is 5.97 Å². The molecule has 0 fully saturated rings. The molecule has 21 heavy (non-hydrogen) atoms. The molecule has 0 spiro atoms. The average molecular weight is 293 g/mol. The summed E-state index contributed by atoms with van der Waals surface area (Å²) in [5, 5.41) is 11.6. The molecule has 1 amide bonds. The van der Waals surface area contributed by atoms with Gasteiger partial charge in [-0.05, 0) is 44.9 Å². The fourth-order valence-electron chi connectivity index (χ4n) is 1.60. The summed E-state index contributed by atoms with van der Waals surface area (Å²) in [7, 11) is 0. The van der Waals surface area contributed by atoms with Gasteiger partial charge in [-0.2, -0.15) is 0 Å². The number of carbonyl (C=O) groups excluding carboxylic acids is 1. The third-order valence-corrected chi connectivity index (χ3v) is 3.24. The van der Waals surface area contributed by atoms with Gasteiger partial charge in [0.1, 0.15) is 5.75 Å². The molecule has 0 atom stereocenters. The van der Waals surface area contributed by atoms with Crippen LogP contribution in [0.3, 0.4) is 0 Å². The summed E-state index contributed by atoms with van der Waals surface area (Å²) in [6.07, 6.45) is 0.198. The summed E-state index contributed by atoms with van der Waals surface area (Å²) in [6, 6.07) is 5.91. The molecule has 0 aliphatic heterocycles. The Balaban J connectivity index is 2.37. The van der Waals surface area contributed by atoms with E-state index in [9.17, 15) is 9.59 Å². The molecule has 1 rings (SSSR count). The highest BCUT2D eigenvalue weighted by Gasteiger charge is 2.27. The van der Waals surface area contributed by atoms with Crippen molar-refractivity contribution in [2.24, 2.45) is 5.41 Å². The van der Waals surface area contributed by atoms with Crippen molar-refractivity contribution in [3.63, 3.8) is 0 Å². The minimum absolute atomic E-state index is 0.102. The van der Waals surface area contributed by atoms with Crippen LogP contribution in [0.2, 0.25) is 0 Å². The van der Waals surface area contributed by atoms with Gasteiger partial charge in [0, 0.05) is 6.54 Å². The number of carbonyl (C=O) groups is 2. The van der Waals surface area contributed by atoms with Crippen LogP contribution in [-0.4, -0.2) is 30.1 Å². The van der Waals surface area contributed by atoms with E-state index in [1.807, 2.05) is 32.0 Å². The molecule has 1 aromatic rings. The van der Waals surface area contributed by atoms with Crippen LogP contribution in [0.4, 0.5) is 0 Å². The van der Waals surface area contributed by atoms with Crippen LogP contribution in [0.15, 0.2) is 18.2 Å². The molecule has 0 aromatic heterocycles. The maximum atomic E-state index is 11.7. The Morgan fingerprint density at radius 3 is 2.57 bits per heavy atom. The number of ether oxygens (including phenoxy) is 1. The zero-order chi connectivity index (χ0) is 16.0. The predicted molar refractivity (Wildman–Crippen MR) is 80.5 cm³/mol. The Hall–Kier alpha value is -2.04. The first-order chi connectivity index (χ1) is 9.72. The van der Waals surface area contributed by atoms with Crippen molar-refractivity contribution in [2.45, 2.75) is 34.1 Å². The van der Waals surface area contributed by atoms with E-state index in [-0.39, 0.29) is 25.5 Å². The molecule has 2 N–H and O–H groups in total. The molecule has 5 heteroatoms. The number of aliphatic carboxylic acids is 1. The fourth-order valence-corrected chi connectivity index (χ4v) is 1.60. The van der Waals surface area contributed by atoms with E-state index in [2.05, 4.69) is 5.32 Å². The second-order valence-corrected chi connectivity index (χ2v) is 5.83. The molecule has 0 heterocycles. The van der Waals surface area contributed by atoms with Gasteiger partial charge in [0.2, 0.25) is 5.91 Å². The van der Waals surface area contributed by atoms with Gasteiger partial charge in [-0.1, -0.05) is 12.1 Å². The first-order valence-electron chi connectivity index (χ1n) is 6.92. The topological polar surface area (TPSA) is 75.6 Å². The molecule has 0 bridgehead atoms. The van der Waals surface area contributed by atoms with E-state index >= 15 is 0 Å². The largest absolute Gasteiger partial charge is 0.493 e. The summed E-state index contributed by atoms with van der Waals surface area (Å²) in [4.78, 5) is 22.6. The lowest BCUT2D eigenvalue weighted by Gasteiger charge is -2.19. The Kier molecular flexibility index (Phi) is 5.76. The molecule has 0 unspecified atom stereocenters. The van der Waals surface area contributed by atoms with Crippen LogP contribution < -0.4 is 10.1 Å². The Bertz CT molecular complexity index is 523. The van der Waals surface area contributed by atoms with Gasteiger partial charge < -0.3 is 15.2 Å². The Morgan fingerprint density at radius 2 is 1.95 bits per heavy atom. The average Bonchev–Trinajstić information content (AvgIpc) is 2.40. The van der Waals surface area contributed by atoms with Crippen LogP contribution in [0, 0.1) is 19.3 Å². The number of hydrogen-bond donors (Lipinski definition) is 2. The summed E-state index contributed by atoms with van der Waals surface area (Å²) in [6.45, 7) is 7.44. The van der Waals surface area contributed by atoms with Gasteiger partial charge in [-0.25, -0.2) is 0 Å². The van der Waals surface area contributed by atoms with Crippen molar-refractivity contribution in [1.82, 2.24) is 5.32 Å². The maximum Gasteiger partial charge on any atom is 0.310 e. The summed E-state index contributed by atoms with van der Waals surface area (Å²) < 4.78 is 5.59. The number of hydrogen-bond acceptors (Lipinski definition) is 3. The minimum Gasteiger partial charge on any atom is -0.493 e. The highest BCUT2D eigenvalue weighted by Crippen LogP contribution is 2.19. The van der Waals surface area contributed by atoms with Gasteiger partial charge in [-0.3, -0.25) is 9.59 Å². The molecule has 1 aromatic carbocycles. The lowest BCUT2D eigenvalue weighted by Crippen LogP contribution is -2.39. The van der Waals surface area contributed by atoms with Crippen molar-refractivity contribution in [2.75, 3.05) is 13.2 Å². The van der Waals surface area contributed by atoms with E-state index in [0.29, 0.717) is 0 Å². The zero-order valence-electron chi connectivity index (χ0n) is 13.0. The number of amides is 1. The molecule has 0 aliphatic rings. The Morgan fingerprint density at radius 1 is 1.29 bits per heavy atom. The molecule has 0 radical (unpaired) electrons. The molecular formula is C16H23NO4. The molecular weight excluding hydrogens is 270 g/mol. The molecule has 116 valence electrons. The van der Waals surface area contributed by atoms with Crippen molar-refractivity contribution < 1.29 is 19.4 Å². The minimum atomic E-state index is -0.969. The molecule has 5 nitrogen and oxygen atoms in total. The first-order valence-corrected chi connectivity index (χ1v) is 6.92. The fraction of sp³-hybridized carbons (Fsp3) is 0.500. The van der Waals surface area contributed by atoms with Crippen LogP contribution in [0.25, 0.3) is 0 Å². The van der Waals surface area contributed by atoms with Crippen LogP contribution >= 0.6 is 0 Å². The summed E-state index contributed by atoms with van der Waals surface area (Å²) in [5.41, 5.74) is 1.15. The standard InChI is InChI=1S/C16H23NO4/c1-11-5-6-12(2)13(9-11)21-8-7-14(18)17-10-16(3,4)15(19)20/h5-6,9H,7-8,10H2,1-4H3,(H,17,18)(H,19,20). The normalized spacial score (nSPS) is 11.0. The summed E-state index contributed by atoms with van der Waals surface area (Å²) in [5.74, 6) is -0.377. The second-order valence-electron chi connectivity index (χ2n) is 5.83. The summed E-state index contributed by atoms with van der Waals surface area (Å²) >= 11 is 0. The number of aryl methyl sites for hydroxylation is 2. The highest BCUT2D eigenvalue weighted by atomic mass is 16.5. The lowest BCUT2D eigenvalue weighted by atomic mass is 9.94. The van der Waals surface area contributed by atoms with E-state index in [4.69, 9.17) is 9.84 Å². The highest BCUT2D eigenvalue weighted by molar-refractivity contribution is 5.78. The van der Waals surface area contributed by atoms with Crippen molar-refractivity contribution in [3.8, 4) is 5.75 Å². The number of nitrogens with one attached hydrogen (secondary N) is 1. The number of carboxylic acid groups (broad SMARTS) is 1. The van der Waals surface area contributed by atoms with Crippen molar-refractivity contribution in [3.05, 3.63) is 29.3 Å². The molecule has 0 saturated carbocycles. The van der Waals surface area contributed by atoms with E-state index in [1.54, 1.807) is 13.8 Å². The number of rotatable bonds is 7. The first kappa shape index (κ1) is 17.0. The van der Waals surface area contributed by atoms with Gasteiger partial charge in [-0.15, -0.1) is 0 Å². The quantitative estimate of drug-likeness (QED) is 0.809. The third kappa shape index (κ3) is 5.45. The predicted octanol–water partition coefficient (Wildman–Crippen LogP) is 2.30. The van der Waals surface area contributed by atoms with Crippen LogP contribution in [0.5, 0.6) is 5.75 Å². The van der Waals surface area contributed by atoms with Gasteiger partial charge in [0.05, 0.1) is 18.4 Å². The van der Waals surface area contributed by atoms with E-state index < -0.39 is 11.4 Å². The molecule has 0 aliphatic carbocycles. The second kappa shape index (κ2) is 7.11. The third-order valence-electron chi connectivity index (χ3n) is 3.24. The van der Waals surface area contributed by atoms with Crippen LogP contribution in [0.1, 0.15) is 31.4 Å². The van der Waals surface area contributed by atoms with Gasteiger partial charge in [0.25, 0.3) is 0 Å². The molecule has 0 saturated heterocycles. The smallest absolute Gasteiger partial charge is 0.310 e. The SMILES string of the molecule is Cc1ccc(C)c(OCCC(=O)NCC(C)(C)C(=O)O)c1. The Labute approximate surface area is 125 Å². The number of benzene rings is 1. The maximum absolute atomic E-state index is 11.7.